The van der Waals surface area contributed by atoms with Gasteiger partial charge in [-0.1, -0.05) is 35.4 Å². The van der Waals surface area contributed by atoms with E-state index in [1.165, 1.54) is 44.5 Å². The molecule has 2 aromatic carbocycles. The van der Waals surface area contributed by atoms with Crippen molar-refractivity contribution in [3.63, 3.8) is 0 Å². The highest BCUT2D eigenvalue weighted by atomic mass is 16.5. The molecule has 0 heterocycles. The molecule has 124 valence electrons. The average molecular weight is 310 g/mol. The van der Waals surface area contributed by atoms with Crippen LogP contribution < -0.4 is 0 Å². The van der Waals surface area contributed by atoms with E-state index in [0.717, 1.165) is 0 Å². The first-order valence-corrected chi connectivity index (χ1v) is 8.51. The van der Waals surface area contributed by atoms with Gasteiger partial charge in [0.1, 0.15) is 5.60 Å². The zero-order valence-electron chi connectivity index (χ0n) is 15.9. The standard InChI is InChI=1S/C22H30O/c1-9-23-22(8,20-16(4)10-14(2)11-17(20)5)21-18(6)12-15(3)13-19(21)7/h10-13H,9H2,1-8H3. The Kier molecular flexibility index (Phi) is 5.01. The van der Waals surface area contributed by atoms with Gasteiger partial charge in [0.2, 0.25) is 0 Å². The third kappa shape index (κ3) is 3.21. The first kappa shape index (κ1) is 17.7. The van der Waals surface area contributed by atoms with E-state index in [2.05, 4.69) is 79.7 Å². The monoisotopic (exact) mass is 310 g/mol. The average Bonchev–Trinajstić information content (AvgIpc) is 2.35. The van der Waals surface area contributed by atoms with Gasteiger partial charge in [-0.2, -0.15) is 0 Å². The Hall–Kier alpha value is -1.60. The molecule has 1 nitrogen and oxygen atoms in total. The normalized spacial score (nSPS) is 11.8. The maximum Gasteiger partial charge on any atom is 0.116 e. The van der Waals surface area contributed by atoms with Crippen LogP contribution in [0.4, 0.5) is 0 Å². The Morgan fingerprint density at radius 2 is 1.00 bits per heavy atom. The van der Waals surface area contributed by atoms with E-state index in [1.807, 2.05) is 0 Å². The van der Waals surface area contributed by atoms with Crippen molar-refractivity contribution in [3.8, 4) is 0 Å². The van der Waals surface area contributed by atoms with Gasteiger partial charge in [-0.25, -0.2) is 0 Å². The lowest BCUT2D eigenvalue weighted by Gasteiger charge is -2.36. The molecule has 2 aromatic rings. The van der Waals surface area contributed by atoms with Crippen LogP contribution in [0.15, 0.2) is 24.3 Å². The van der Waals surface area contributed by atoms with E-state index in [1.54, 1.807) is 0 Å². The molecule has 0 atom stereocenters. The summed E-state index contributed by atoms with van der Waals surface area (Å²) in [6.45, 7) is 18.1. The summed E-state index contributed by atoms with van der Waals surface area (Å²) in [6, 6.07) is 9.05. The molecule has 0 aromatic heterocycles. The lowest BCUT2D eigenvalue weighted by molar-refractivity contribution is 0.00224. The van der Waals surface area contributed by atoms with E-state index < -0.39 is 5.60 Å². The van der Waals surface area contributed by atoms with Crippen LogP contribution in [0.1, 0.15) is 58.4 Å². The van der Waals surface area contributed by atoms with Crippen LogP contribution in [0.2, 0.25) is 0 Å². The van der Waals surface area contributed by atoms with Gasteiger partial charge in [-0.3, -0.25) is 0 Å². The van der Waals surface area contributed by atoms with Crippen molar-refractivity contribution in [2.24, 2.45) is 0 Å². The Morgan fingerprint density at radius 1 is 0.696 bits per heavy atom. The summed E-state index contributed by atoms with van der Waals surface area (Å²) in [5, 5.41) is 0. The van der Waals surface area contributed by atoms with Gasteiger partial charge in [0.05, 0.1) is 0 Å². The van der Waals surface area contributed by atoms with Gasteiger partial charge in [-0.15, -0.1) is 0 Å². The minimum Gasteiger partial charge on any atom is -0.366 e. The topological polar surface area (TPSA) is 9.23 Å². The van der Waals surface area contributed by atoms with Crippen LogP contribution in [-0.2, 0) is 10.3 Å². The summed E-state index contributed by atoms with van der Waals surface area (Å²) in [4.78, 5) is 0. The van der Waals surface area contributed by atoms with Crippen molar-refractivity contribution in [3.05, 3.63) is 68.8 Å². The Bertz CT molecular complexity index is 621. The van der Waals surface area contributed by atoms with Crippen LogP contribution in [0.3, 0.4) is 0 Å². The van der Waals surface area contributed by atoms with Crippen molar-refractivity contribution in [1.29, 1.82) is 0 Å². The van der Waals surface area contributed by atoms with Gasteiger partial charge in [0.15, 0.2) is 0 Å². The number of rotatable bonds is 4. The largest absolute Gasteiger partial charge is 0.366 e. The molecule has 2 rings (SSSR count). The molecule has 0 aliphatic carbocycles. The van der Waals surface area contributed by atoms with Crippen molar-refractivity contribution < 1.29 is 4.74 Å². The third-order valence-electron chi connectivity index (χ3n) is 4.74. The minimum absolute atomic E-state index is 0.418. The molecule has 0 N–H and O–H groups in total. The van der Waals surface area contributed by atoms with E-state index >= 15 is 0 Å². The van der Waals surface area contributed by atoms with Crippen LogP contribution in [0.25, 0.3) is 0 Å². The molecule has 0 saturated heterocycles. The lowest BCUT2D eigenvalue weighted by atomic mass is 9.78. The Morgan fingerprint density at radius 3 is 1.26 bits per heavy atom. The summed E-state index contributed by atoms with van der Waals surface area (Å²) < 4.78 is 6.40. The van der Waals surface area contributed by atoms with E-state index in [-0.39, 0.29) is 0 Å². The fraction of sp³-hybridized carbons (Fsp3) is 0.455. The number of hydrogen-bond donors (Lipinski definition) is 0. The number of hydrogen-bond acceptors (Lipinski definition) is 1. The second kappa shape index (κ2) is 6.49. The van der Waals surface area contributed by atoms with Crippen LogP contribution in [0.5, 0.6) is 0 Å². The number of benzene rings is 2. The van der Waals surface area contributed by atoms with Gasteiger partial charge in [-0.05, 0) is 88.8 Å². The molecular formula is C22H30O. The fourth-order valence-electron chi connectivity index (χ4n) is 4.42. The van der Waals surface area contributed by atoms with Gasteiger partial charge >= 0.3 is 0 Å². The predicted octanol–water partition coefficient (Wildman–Crippen LogP) is 5.84. The third-order valence-corrected chi connectivity index (χ3v) is 4.74. The molecule has 0 radical (unpaired) electrons. The summed E-state index contributed by atoms with van der Waals surface area (Å²) in [5.74, 6) is 0. The summed E-state index contributed by atoms with van der Waals surface area (Å²) in [5.41, 5.74) is 10.0. The Balaban J connectivity index is 2.81. The molecular weight excluding hydrogens is 280 g/mol. The maximum atomic E-state index is 6.40. The van der Waals surface area contributed by atoms with Gasteiger partial charge in [0.25, 0.3) is 0 Å². The molecule has 0 amide bonds. The van der Waals surface area contributed by atoms with Crippen molar-refractivity contribution in [2.45, 2.75) is 61.0 Å². The first-order valence-electron chi connectivity index (χ1n) is 8.51. The predicted molar refractivity (Wildman–Crippen MR) is 99.4 cm³/mol. The highest BCUT2D eigenvalue weighted by Gasteiger charge is 2.35. The molecule has 0 aliphatic heterocycles. The van der Waals surface area contributed by atoms with E-state index in [9.17, 15) is 0 Å². The molecule has 1 heteroatoms. The smallest absolute Gasteiger partial charge is 0.116 e. The fourth-order valence-corrected chi connectivity index (χ4v) is 4.42. The number of aryl methyl sites for hydroxylation is 6. The molecule has 0 bridgehead atoms. The molecule has 0 saturated carbocycles. The Labute approximate surface area is 141 Å². The summed E-state index contributed by atoms with van der Waals surface area (Å²) in [6.07, 6.45) is 0. The second-order valence-corrected chi connectivity index (χ2v) is 7.01. The lowest BCUT2D eigenvalue weighted by Crippen LogP contribution is -2.31. The summed E-state index contributed by atoms with van der Waals surface area (Å²) >= 11 is 0. The van der Waals surface area contributed by atoms with Gasteiger partial charge in [0, 0.05) is 6.61 Å². The minimum atomic E-state index is -0.418. The van der Waals surface area contributed by atoms with Crippen molar-refractivity contribution in [1.82, 2.24) is 0 Å². The zero-order valence-corrected chi connectivity index (χ0v) is 15.9. The van der Waals surface area contributed by atoms with E-state index in [4.69, 9.17) is 4.74 Å². The first-order chi connectivity index (χ1) is 10.7. The van der Waals surface area contributed by atoms with E-state index in [0.29, 0.717) is 6.61 Å². The quantitative estimate of drug-likeness (QED) is 0.689. The number of ether oxygens (including phenoxy) is 1. The van der Waals surface area contributed by atoms with Crippen molar-refractivity contribution >= 4 is 0 Å². The highest BCUT2D eigenvalue weighted by Crippen LogP contribution is 2.41. The maximum absolute atomic E-state index is 6.40. The zero-order chi connectivity index (χ0) is 17.4. The molecule has 0 unspecified atom stereocenters. The van der Waals surface area contributed by atoms with Gasteiger partial charge < -0.3 is 4.74 Å². The van der Waals surface area contributed by atoms with Crippen LogP contribution in [-0.4, -0.2) is 6.61 Å². The molecule has 0 fully saturated rings. The van der Waals surface area contributed by atoms with Crippen LogP contribution in [0, 0.1) is 41.5 Å². The highest BCUT2D eigenvalue weighted by molar-refractivity contribution is 5.51. The molecule has 0 spiro atoms. The summed E-state index contributed by atoms with van der Waals surface area (Å²) in [7, 11) is 0. The van der Waals surface area contributed by atoms with Crippen LogP contribution >= 0.6 is 0 Å². The molecule has 0 aliphatic rings. The molecule has 23 heavy (non-hydrogen) atoms. The second-order valence-electron chi connectivity index (χ2n) is 7.01. The van der Waals surface area contributed by atoms with Crippen molar-refractivity contribution in [2.75, 3.05) is 6.61 Å². The SMILES string of the molecule is CCOC(C)(c1c(C)cc(C)cc1C)c1c(C)cc(C)cc1C.